The lowest BCUT2D eigenvalue weighted by Gasteiger charge is -2.39. The van der Waals surface area contributed by atoms with E-state index >= 15 is 9.18 Å². The number of benzene rings is 4. The van der Waals surface area contributed by atoms with E-state index in [4.69, 9.17) is 31.5 Å². The van der Waals surface area contributed by atoms with Crippen LogP contribution in [0.25, 0.3) is 22.0 Å². The Labute approximate surface area is 354 Å². The Morgan fingerprint density at radius 1 is 1.02 bits per heavy atom. The molecule has 1 aliphatic heterocycles. The van der Waals surface area contributed by atoms with Gasteiger partial charge in [-0.1, -0.05) is 59.9 Å². The van der Waals surface area contributed by atoms with Crippen molar-refractivity contribution >= 4 is 28.6 Å². The van der Waals surface area contributed by atoms with Crippen molar-refractivity contribution in [2.75, 3.05) is 33.2 Å². The van der Waals surface area contributed by atoms with Crippen LogP contribution in [0.4, 0.5) is 22.0 Å². The van der Waals surface area contributed by atoms with Crippen molar-refractivity contribution in [3.8, 4) is 11.1 Å². The normalized spacial score (nSPS) is 28.4. The van der Waals surface area contributed by atoms with Gasteiger partial charge in [0.15, 0.2) is 17.1 Å². The number of ether oxygens (including phenoxy) is 1. The number of aromatic nitrogens is 1. The zero-order chi connectivity index (χ0) is 66.0. The first kappa shape index (κ1) is 15.0. The highest BCUT2D eigenvalue weighted by Gasteiger charge is 2.31. The number of amides is 1. The highest BCUT2D eigenvalue weighted by Crippen LogP contribution is 2.32. The van der Waals surface area contributed by atoms with E-state index in [1.165, 1.54) is 0 Å². The van der Waals surface area contributed by atoms with Gasteiger partial charge >= 0.3 is 6.18 Å². The van der Waals surface area contributed by atoms with Gasteiger partial charge in [-0.05, 0) is 66.6 Å². The van der Waals surface area contributed by atoms with E-state index in [2.05, 4.69) is 4.74 Å². The summed E-state index contributed by atoms with van der Waals surface area (Å²) in [5.74, 6) is -8.74. The van der Waals surface area contributed by atoms with Crippen LogP contribution in [0.5, 0.6) is 0 Å². The van der Waals surface area contributed by atoms with Crippen LogP contribution in [-0.2, 0) is 34.5 Å². The first-order valence-corrected chi connectivity index (χ1v) is 15.3. The number of hydrogen-bond acceptors (Lipinski definition) is 5. The van der Waals surface area contributed by atoms with Gasteiger partial charge in [0.1, 0.15) is 6.50 Å². The molecule has 0 radical (unpaired) electrons. The van der Waals surface area contributed by atoms with Gasteiger partial charge in [0.05, 0.1) is 52.8 Å². The van der Waals surface area contributed by atoms with Crippen LogP contribution < -0.4 is 5.43 Å². The molecule has 5 aromatic rings. The average molecular weight is 782 g/mol. The fourth-order valence-electron chi connectivity index (χ4n) is 4.07. The number of carbonyl (C=O) groups excluding carboxylic acids is 1. The van der Waals surface area contributed by atoms with Gasteiger partial charge in [0.25, 0.3) is 0 Å². The molecule has 0 saturated carbocycles. The third-order valence-corrected chi connectivity index (χ3v) is 7.45. The fraction of sp³-hybridized carbons (Fsp3) is 0.317. The van der Waals surface area contributed by atoms with E-state index < -0.39 is 247 Å². The molecule has 0 bridgehead atoms. The van der Waals surface area contributed by atoms with Crippen molar-refractivity contribution in [3.05, 3.63) is 135 Å². The molecule has 1 fully saturated rings. The largest absolute Gasteiger partial charge is 0.416 e. The second-order valence-corrected chi connectivity index (χ2v) is 11.0. The van der Waals surface area contributed by atoms with E-state index in [9.17, 15) is 34.7 Å². The first-order chi connectivity index (χ1) is 38.1. The molecule has 12 heteroatoms. The van der Waals surface area contributed by atoms with Gasteiger partial charge < -0.3 is 19.1 Å². The SMILES string of the molecule is [2H]c1c([2H])c(F)c(F)c(CSc2c([2H])c(=O)c3c([2H])c(C)c([2H])c([2H])c3n2C([2H])([2H])C(=O)N(C([2H])([2H])c2c([2H])c([2H])c(-c3c([2H])c([2H])c(C(F)(F)F)c([2H])c3[2H])c([2H])c2[2H])C2([2H])C([2H])([2H])C([2H])([2H])N(C([2H])([2H])C([2H])([2H])OC)C([2H])([2H])C2([2H])[2H])c1[2H]. The fourth-order valence-corrected chi connectivity index (χ4v) is 4.98. The Balaban J connectivity index is 1.87. The van der Waals surface area contributed by atoms with E-state index in [0.717, 1.165) is 6.92 Å². The van der Waals surface area contributed by atoms with Crippen LogP contribution in [0.2, 0.25) is 0 Å². The van der Waals surface area contributed by atoms with Crippen molar-refractivity contribution < 1.29 is 75.3 Å². The number of piperidine rings is 1. The maximum Gasteiger partial charge on any atom is 0.416 e. The lowest BCUT2D eigenvalue weighted by Crippen LogP contribution is -2.48. The number of halogens is 5. The molecule has 1 amide bonds. The molecule has 0 atom stereocenters. The van der Waals surface area contributed by atoms with Crippen LogP contribution >= 0.6 is 11.8 Å². The monoisotopic (exact) mass is 781 g/mol. The number of carbonyl (C=O) groups is 1. The minimum Gasteiger partial charge on any atom is -0.383 e. The molecule has 4 aromatic carbocycles. The number of fused-ring (bicyclic) bond motifs is 1. The zero-order valence-electron chi connectivity index (χ0n) is 58.6. The van der Waals surface area contributed by atoms with Gasteiger partial charge in [-0.25, -0.2) is 8.78 Å². The number of nitrogens with zero attached hydrogens (tertiary/aromatic N) is 3. The number of hydrogen-bond donors (Lipinski definition) is 0. The van der Waals surface area contributed by atoms with Crippen LogP contribution in [0.15, 0.2) is 100 Å². The molecular weight excluding hydrogens is 710 g/mol. The summed E-state index contributed by atoms with van der Waals surface area (Å²) in [6.07, 6.45) is -16.1. The molecule has 1 saturated heterocycles. The van der Waals surface area contributed by atoms with Crippen molar-refractivity contribution in [2.24, 2.45) is 0 Å². The van der Waals surface area contributed by atoms with E-state index in [-0.39, 0.29) is 11.8 Å². The zero-order valence-corrected chi connectivity index (χ0v) is 27.4. The molecule has 6 nitrogen and oxygen atoms in total. The van der Waals surface area contributed by atoms with E-state index in [0.29, 0.717) is 7.11 Å². The number of pyridine rings is 1. The number of rotatable bonds is 12. The van der Waals surface area contributed by atoms with E-state index in [1.807, 2.05) is 0 Å². The molecule has 0 aliphatic carbocycles. The van der Waals surface area contributed by atoms with Crippen molar-refractivity contribution in [1.29, 1.82) is 0 Å². The Kier molecular flexibility index (Phi) is 4.70. The molecule has 6 rings (SSSR count). The summed E-state index contributed by atoms with van der Waals surface area (Å²) >= 11 is -0.298. The molecule has 1 aliphatic rings. The molecular formula is C41H40F5N3O3S. The minimum absolute atomic E-state index is 0.298. The lowest BCUT2D eigenvalue weighted by atomic mass is 10.00. The summed E-state index contributed by atoms with van der Waals surface area (Å²) in [6.45, 7) is -27.7. The predicted octanol–water partition coefficient (Wildman–Crippen LogP) is 8.71. The number of methoxy groups -OCH3 is 1. The van der Waals surface area contributed by atoms with Crippen LogP contribution in [0.3, 0.4) is 0 Å². The van der Waals surface area contributed by atoms with Gasteiger partial charge in [-0.3, -0.25) is 9.59 Å². The molecule has 0 unspecified atom stereocenters. The molecule has 53 heavy (non-hydrogen) atoms. The van der Waals surface area contributed by atoms with Gasteiger partial charge in [-0.2, -0.15) is 13.2 Å². The molecule has 1 aromatic heterocycles. The van der Waals surface area contributed by atoms with Crippen LogP contribution in [-0.4, -0.2) is 59.5 Å². The number of likely N-dealkylation sites (tertiary alicyclic amines) is 1. The Hall–Kier alpha value is -4.52. The maximum atomic E-state index is 16.1. The van der Waals surface area contributed by atoms with Crippen molar-refractivity contribution in [3.63, 3.8) is 0 Å². The second kappa shape index (κ2) is 16.7. The van der Waals surface area contributed by atoms with Crippen molar-refractivity contribution in [1.82, 2.24) is 14.4 Å². The Morgan fingerprint density at radius 2 is 1.70 bits per heavy atom. The third-order valence-electron chi connectivity index (χ3n) is 6.46. The van der Waals surface area contributed by atoms with E-state index in [1.54, 1.807) is 0 Å². The Bertz CT molecular complexity index is 3650. The summed E-state index contributed by atoms with van der Waals surface area (Å²) in [7, 11) is 0.406. The number of alkyl halides is 3. The predicted molar refractivity (Wildman–Crippen MR) is 198 cm³/mol. The average Bonchev–Trinajstić information content (AvgIpc) is 2.11. The minimum atomic E-state index is -5.63. The van der Waals surface area contributed by atoms with Crippen molar-refractivity contribution in [2.45, 2.75) is 55.6 Å². The van der Waals surface area contributed by atoms with Gasteiger partial charge in [0.2, 0.25) is 5.91 Å². The summed E-state index contributed by atoms with van der Waals surface area (Å²) < 4.78 is 360. The standard InChI is InChI=1S/C41H40F5N3O3S/c1-27-6-15-36-34(22-27)37(50)23-39(53-26-31-4-3-5-35(42)40(31)43)49(36)25-38(51)48(33-16-18-47(19-17-33)20-21-52-2)24-28-7-9-29(10-8-28)30-11-13-32(14-12-30)41(44,45)46/h3-15,22-23,33H,16-21,24-26H2,1-2H3/i3D,4D,5D,6D,7D,8D,9D,10D,11D,12D,13D,14D,15D,16D2,17D2,18D2,19D2,20D2,21D2,22D,23D,24D2,25D2,33D. The summed E-state index contributed by atoms with van der Waals surface area (Å²) in [4.78, 5) is 27.7. The highest BCUT2D eigenvalue weighted by molar-refractivity contribution is 7.98. The van der Waals surface area contributed by atoms with Gasteiger partial charge in [-0.15, -0.1) is 11.8 Å². The Morgan fingerprint density at radius 3 is 2.36 bits per heavy atom. The number of thioether (sulfide) groups is 1. The first-order valence-electron chi connectivity index (χ1n) is 30.3. The van der Waals surface area contributed by atoms with Gasteiger partial charge in [0, 0.05) is 75.6 Å². The maximum absolute atomic E-state index is 16.1. The molecule has 0 spiro atoms. The van der Waals surface area contributed by atoms with Crippen LogP contribution in [0, 0.1) is 18.6 Å². The second-order valence-electron chi connectivity index (χ2n) is 10.0. The third kappa shape index (κ3) is 9.17. The smallest absolute Gasteiger partial charge is 0.383 e. The summed E-state index contributed by atoms with van der Waals surface area (Å²) in [6, 6.07) is -29.9. The topological polar surface area (TPSA) is 54.8 Å². The summed E-state index contributed by atoms with van der Waals surface area (Å²) in [5.41, 5.74) is -12.5. The molecule has 0 N–H and O–H groups in total. The summed E-state index contributed by atoms with van der Waals surface area (Å²) in [5, 5.41) is -2.82. The van der Waals surface area contributed by atoms with Crippen LogP contribution in [0.1, 0.15) is 78.9 Å². The molecule has 2 heterocycles. The highest BCUT2D eigenvalue weighted by atomic mass is 32.2. The quantitative estimate of drug-likeness (QED) is 0.0937. The molecule has 278 valence electrons. The lowest BCUT2D eigenvalue weighted by molar-refractivity contribution is -0.137.